The van der Waals surface area contributed by atoms with Crippen LogP contribution in [0.5, 0.6) is 0 Å². The fraction of sp³-hybridized carbons (Fsp3) is 0.0588. The lowest BCUT2D eigenvalue weighted by Crippen LogP contribution is -2.04. The molecule has 0 bridgehead atoms. The molecule has 4 nitrogen and oxygen atoms in total. The van der Waals surface area contributed by atoms with Crippen LogP contribution in [-0.4, -0.2) is 14.4 Å². The fourth-order valence-corrected chi connectivity index (χ4v) is 3.47. The molecule has 0 saturated carbocycles. The first kappa shape index (κ1) is 15.6. The standard InChI is InChI=1S/C17H11F3N4S/c18-17(19,20)12-3-1-2-10(8-12)14-15(25-16(21)23-14)11-4-5-13-22-6-7-24(13)9-11/h1-9H,(H2,21,23). The Balaban J connectivity index is 1.87. The lowest BCUT2D eigenvalue weighted by molar-refractivity contribution is -0.137. The molecule has 0 unspecified atom stereocenters. The summed E-state index contributed by atoms with van der Waals surface area (Å²) in [5.74, 6) is 0. The molecule has 126 valence electrons. The van der Waals surface area contributed by atoms with Gasteiger partial charge in [0.15, 0.2) is 5.13 Å². The average molecular weight is 360 g/mol. The number of fused-ring (bicyclic) bond motifs is 1. The van der Waals surface area contributed by atoms with Crippen molar-refractivity contribution in [3.05, 3.63) is 60.6 Å². The molecule has 4 aromatic rings. The molecule has 25 heavy (non-hydrogen) atoms. The van der Waals surface area contributed by atoms with Crippen molar-refractivity contribution < 1.29 is 13.2 Å². The number of pyridine rings is 1. The van der Waals surface area contributed by atoms with E-state index < -0.39 is 11.7 Å². The zero-order valence-corrected chi connectivity index (χ0v) is 13.5. The van der Waals surface area contributed by atoms with Crippen LogP contribution < -0.4 is 5.73 Å². The van der Waals surface area contributed by atoms with Crippen molar-refractivity contribution in [3.8, 4) is 21.7 Å². The van der Waals surface area contributed by atoms with Gasteiger partial charge in [-0.3, -0.25) is 0 Å². The van der Waals surface area contributed by atoms with Gasteiger partial charge in [0.25, 0.3) is 0 Å². The molecule has 0 fully saturated rings. The van der Waals surface area contributed by atoms with Gasteiger partial charge < -0.3 is 10.1 Å². The summed E-state index contributed by atoms with van der Waals surface area (Å²) in [6, 6.07) is 8.79. The Hall–Kier alpha value is -2.87. The number of alkyl halides is 3. The number of thiazole rings is 1. The number of imidazole rings is 1. The van der Waals surface area contributed by atoms with Crippen LogP contribution in [0.25, 0.3) is 27.3 Å². The van der Waals surface area contributed by atoms with E-state index in [1.54, 1.807) is 18.5 Å². The Morgan fingerprint density at radius 1 is 1.08 bits per heavy atom. The Morgan fingerprint density at radius 3 is 2.72 bits per heavy atom. The van der Waals surface area contributed by atoms with Crippen LogP contribution in [0.4, 0.5) is 18.3 Å². The van der Waals surface area contributed by atoms with Gasteiger partial charge in [-0.25, -0.2) is 9.97 Å². The van der Waals surface area contributed by atoms with Crippen molar-refractivity contribution in [1.82, 2.24) is 14.4 Å². The minimum Gasteiger partial charge on any atom is -0.375 e. The number of nitrogens with two attached hydrogens (primary N) is 1. The summed E-state index contributed by atoms with van der Waals surface area (Å²) in [5, 5.41) is 0.299. The van der Waals surface area contributed by atoms with Gasteiger partial charge in [0.1, 0.15) is 5.65 Å². The van der Waals surface area contributed by atoms with Crippen molar-refractivity contribution in [3.63, 3.8) is 0 Å². The van der Waals surface area contributed by atoms with Gasteiger partial charge in [-0.05, 0) is 24.3 Å². The molecular weight excluding hydrogens is 349 g/mol. The zero-order chi connectivity index (χ0) is 17.6. The third-order valence-electron chi connectivity index (χ3n) is 3.76. The number of hydrogen-bond donors (Lipinski definition) is 1. The summed E-state index contributed by atoms with van der Waals surface area (Å²) in [4.78, 5) is 9.15. The zero-order valence-electron chi connectivity index (χ0n) is 12.7. The van der Waals surface area contributed by atoms with E-state index in [0.29, 0.717) is 21.3 Å². The van der Waals surface area contributed by atoms with Gasteiger partial charge >= 0.3 is 6.18 Å². The first-order valence-electron chi connectivity index (χ1n) is 7.29. The van der Waals surface area contributed by atoms with E-state index in [2.05, 4.69) is 9.97 Å². The summed E-state index contributed by atoms with van der Waals surface area (Å²) in [6.45, 7) is 0. The molecule has 3 aromatic heterocycles. The van der Waals surface area contributed by atoms with Gasteiger partial charge in [0.05, 0.1) is 16.1 Å². The lowest BCUT2D eigenvalue weighted by Gasteiger charge is -2.09. The molecule has 0 saturated heterocycles. The highest BCUT2D eigenvalue weighted by molar-refractivity contribution is 7.19. The topological polar surface area (TPSA) is 56.2 Å². The predicted molar refractivity (Wildman–Crippen MR) is 91.2 cm³/mol. The Morgan fingerprint density at radius 2 is 1.92 bits per heavy atom. The summed E-state index contributed by atoms with van der Waals surface area (Å²) < 4.78 is 40.8. The number of hydrogen-bond acceptors (Lipinski definition) is 4. The molecule has 0 aliphatic heterocycles. The molecule has 4 rings (SSSR count). The van der Waals surface area contributed by atoms with E-state index >= 15 is 0 Å². The van der Waals surface area contributed by atoms with Gasteiger partial charge in [0.2, 0.25) is 0 Å². The second-order valence-electron chi connectivity index (χ2n) is 5.42. The third kappa shape index (κ3) is 2.85. The van der Waals surface area contributed by atoms with E-state index in [-0.39, 0.29) is 0 Å². The largest absolute Gasteiger partial charge is 0.416 e. The van der Waals surface area contributed by atoms with Crippen molar-refractivity contribution in [1.29, 1.82) is 0 Å². The SMILES string of the molecule is Nc1nc(-c2cccc(C(F)(F)F)c2)c(-c2ccc3nccn3c2)s1. The number of anilines is 1. The molecule has 0 radical (unpaired) electrons. The van der Waals surface area contributed by atoms with E-state index in [0.717, 1.165) is 23.3 Å². The van der Waals surface area contributed by atoms with Crippen LogP contribution >= 0.6 is 11.3 Å². The second kappa shape index (κ2) is 5.59. The van der Waals surface area contributed by atoms with Crippen LogP contribution in [0.2, 0.25) is 0 Å². The molecular formula is C17H11F3N4S. The maximum Gasteiger partial charge on any atom is 0.416 e. The number of aromatic nitrogens is 3. The molecule has 0 spiro atoms. The first-order chi connectivity index (χ1) is 11.9. The maximum absolute atomic E-state index is 13.0. The van der Waals surface area contributed by atoms with E-state index in [1.807, 2.05) is 22.7 Å². The summed E-state index contributed by atoms with van der Waals surface area (Å²) >= 11 is 1.24. The number of benzene rings is 1. The van der Waals surface area contributed by atoms with Gasteiger partial charge in [0, 0.05) is 29.7 Å². The average Bonchev–Trinajstić information content (AvgIpc) is 3.19. The molecule has 2 N–H and O–H groups in total. The van der Waals surface area contributed by atoms with Crippen molar-refractivity contribution in [2.45, 2.75) is 6.18 Å². The van der Waals surface area contributed by atoms with Crippen LogP contribution in [-0.2, 0) is 6.18 Å². The molecule has 8 heteroatoms. The lowest BCUT2D eigenvalue weighted by atomic mass is 10.0. The Labute approximate surface area is 144 Å². The van der Waals surface area contributed by atoms with Gasteiger partial charge in [-0.2, -0.15) is 13.2 Å². The highest BCUT2D eigenvalue weighted by Crippen LogP contribution is 2.39. The Bertz CT molecular complexity index is 1070. The van der Waals surface area contributed by atoms with Crippen LogP contribution in [0.1, 0.15) is 5.56 Å². The smallest absolute Gasteiger partial charge is 0.375 e. The summed E-state index contributed by atoms with van der Waals surface area (Å²) in [7, 11) is 0. The molecule has 0 aliphatic rings. The molecule has 3 heterocycles. The van der Waals surface area contributed by atoms with Crippen molar-refractivity contribution in [2.24, 2.45) is 0 Å². The third-order valence-corrected chi connectivity index (χ3v) is 4.69. The van der Waals surface area contributed by atoms with Crippen LogP contribution in [0.15, 0.2) is 55.0 Å². The van der Waals surface area contributed by atoms with Gasteiger partial charge in [-0.1, -0.05) is 23.5 Å². The van der Waals surface area contributed by atoms with E-state index in [1.165, 1.54) is 17.4 Å². The normalized spacial score (nSPS) is 12.0. The summed E-state index contributed by atoms with van der Waals surface area (Å²) in [5.41, 5.74) is 7.53. The Kier molecular flexibility index (Phi) is 3.50. The first-order valence-corrected chi connectivity index (χ1v) is 8.10. The number of nitrogen functional groups attached to an aromatic ring is 1. The highest BCUT2D eigenvalue weighted by atomic mass is 32.1. The minimum absolute atomic E-state index is 0.299. The fourth-order valence-electron chi connectivity index (χ4n) is 2.63. The van der Waals surface area contributed by atoms with E-state index in [9.17, 15) is 13.2 Å². The van der Waals surface area contributed by atoms with E-state index in [4.69, 9.17) is 5.73 Å². The van der Waals surface area contributed by atoms with Crippen molar-refractivity contribution in [2.75, 3.05) is 5.73 Å². The quantitative estimate of drug-likeness (QED) is 0.562. The number of nitrogens with zero attached hydrogens (tertiary/aromatic N) is 3. The molecule has 0 amide bonds. The maximum atomic E-state index is 13.0. The van der Waals surface area contributed by atoms with Crippen LogP contribution in [0.3, 0.4) is 0 Å². The summed E-state index contributed by atoms with van der Waals surface area (Å²) in [6.07, 6.45) is 0.918. The molecule has 0 aliphatic carbocycles. The molecule has 0 atom stereocenters. The monoisotopic (exact) mass is 360 g/mol. The van der Waals surface area contributed by atoms with Gasteiger partial charge in [-0.15, -0.1) is 0 Å². The number of halogens is 3. The van der Waals surface area contributed by atoms with Crippen LogP contribution in [0, 0.1) is 0 Å². The second-order valence-corrected chi connectivity index (χ2v) is 6.45. The van der Waals surface area contributed by atoms with Crippen molar-refractivity contribution >= 4 is 22.1 Å². The molecule has 1 aromatic carbocycles. The predicted octanol–water partition coefficient (Wildman–Crippen LogP) is 4.73. The highest BCUT2D eigenvalue weighted by Gasteiger charge is 2.31. The number of rotatable bonds is 2. The minimum atomic E-state index is -4.41.